The minimum atomic E-state index is -0.761. The van der Waals surface area contributed by atoms with E-state index in [-0.39, 0.29) is 23.7 Å². The lowest BCUT2D eigenvalue weighted by atomic mass is 10.1. The van der Waals surface area contributed by atoms with Crippen molar-refractivity contribution in [1.82, 2.24) is 5.32 Å². The van der Waals surface area contributed by atoms with Crippen molar-refractivity contribution in [2.24, 2.45) is 0 Å². The number of amides is 2. The van der Waals surface area contributed by atoms with Crippen LogP contribution >= 0.6 is 11.8 Å². The minimum Gasteiger partial charge on any atom is -0.508 e. The zero-order valence-corrected chi connectivity index (χ0v) is 18.8. The van der Waals surface area contributed by atoms with Gasteiger partial charge in [0.1, 0.15) is 11.8 Å². The van der Waals surface area contributed by atoms with Crippen LogP contribution in [0.25, 0.3) is 10.8 Å². The molecule has 0 heterocycles. The number of phenols is 1. The van der Waals surface area contributed by atoms with E-state index < -0.39 is 6.04 Å². The van der Waals surface area contributed by atoms with Crippen LogP contribution in [0.15, 0.2) is 66.7 Å². The van der Waals surface area contributed by atoms with E-state index in [1.807, 2.05) is 37.3 Å². The molecule has 32 heavy (non-hydrogen) atoms. The van der Waals surface area contributed by atoms with Gasteiger partial charge in [-0.25, -0.2) is 0 Å². The molecular weight excluding hydrogens is 424 g/mol. The van der Waals surface area contributed by atoms with Gasteiger partial charge < -0.3 is 20.8 Å². The number of aromatic hydroxyl groups is 1. The van der Waals surface area contributed by atoms with E-state index in [4.69, 9.17) is 0 Å². The van der Waals surface area contributed by atoms with E-state index in [1.54, 1.807) is 36.0 Å². The van der Waals surface area contributed by atoms with Gasteiger partial charge in [-0.15, -0.1) is 0 Å². The Hall–Kier alpha value is -3.03. The molecule has 2 amide bonds. The van der Waals surface area contributed by atoms with Gasteiger partial charge >= 0.3 is 0 Å². The number of thioether (sulfide) groups is 1. The highest BCUT2D eigenvalue weighted by molar-refractivity contribution is 7.99. The van der Waals surface area contributed by atoms with Crippen LogP contribution in [-0.2, 0) is 4.79 Å². The number of hydrogen-bond donors (Lipinski definition) is 4. The van der Waals surface area contributed by atoms with E-state index in [0.717, 1.165) is 10.8 Å². The number of carbonyl (C=O) groups excluding carboxylic acids is 2. The molecule has 4 N–H and O–H groups in total. The molecule has 3 aromatic rings. The van der Waals surface area contributed by atoms with Gasteiger partial charge in [-0.3, -0.25) is 9.59 Å². The summed E-state index contributed by atoms with van der Waals surface area (Å²) in [5, 5.41) is 27.0. The molecule has 6 nitrogen and oxygen atoms in total. The van der Waals surface area contributed by atoms with E-state index in [1.165, 1.54) is 12.1 Å². The number of aliphatic hydroxyl groups is 1. The van der Waals surface area contributed by atoms with Crippen molar-refractivity contribution in [3.05, 3.63) is 72.3 Å². The summed E-state index contributed by atoms with van der Waals surface area (Å²) in [6.07, 6.45) is 0.699. The Morgan fingerprint density at radius 1 is 1.00 bits per heavy atom. The first kappa shape index (κ1) is 23.6. The van der Waals surface area contributed by atoms with E-state index in [9.17, 15) is 19.8 Å². The van der Waals surface area contributed by atoms with Gasteiger partial charge in [0.05, 0.1) is 6.10 Å². The number of hydrogen-bond acceptors (Lipinski definition) is 5. The molecule has 0 saturated heterocycles. The Morgan fingerprint density at radius 2 is 1.78 bits per heavy atom. The molecule has 0 aromatic heterocycles. The first-order valence-electron chi connectivity index (χ1n) is 10.6. The lowest BCUT2D eigenvalue weighted by Crippen LogP contribution is -2.44. The van der Waals surface area contributed by atoms with E-state index in [0.29, 0.717) is 35.6 Å². The van der Waals surface area contributed by atoms with Crippen LogP contribution in [0.1, 0.15) is 30.1 Å². The first-order valence-corrected chi connectivity index (χ1v) is 11.8. The maximum absolute atomic E-state index is 12.9. The normalized spacial score (nSPS) is 12.8. The molecule has 3 rings (SSSR count). The van der Waals surface area contributed by atoms with Crippen LogP contribution in [0.5, 0.6) is 5.75 Å². The highest BCUT2D eigenvalue weighted by atomic mass is 32.2. The second-order valence-corrected chi connectivity index (χ2v) is 8.70. The van der Waals surface area contributed by atoms with E-state index in [2.05, 4.69) is 10.6 Å². The lowest BCUT2D eigenvalue weighted by molar-refractivity contribution is -0.118. The largest absolute Gasteiger partial charge is 0.508 e. The van der Waals surface area contributed by atoms with Crippen LogP contribution in [0.2, 0.25) is 0 Å². The molecule has 3 aromatic carbocycles. The van der Waals surface area contributed by atoms with Gasteiger partial charge in [0, 0.05) is 23.1 Å². The number of anilines is 1. The number of benzene rings is 3. The van der Waals surface area contributed by atoms with E-state index >= 15 is 0 Å². The molecular formula is C25H28N2O4S. The smallest absolute Gasteiger partial charge is 0.251 e. The number of aliphatic hydroxyl groups excluding tert-OH is 1. The topological polar surface area (TPSA) is 98.7 Å². The Balaban J connectivity index is 1.70. The van der Waals surface area contributed by atoms with Crippen molar-refractivity contribution in [2.45, 2.75) is 31.9 Å². The van der Waals surface area contributed by atoms with Gasteiger partial charge in [0.2, 0.25) is 5.91 Å². The van der Waals surface area contributed by atoms with Gasteiger partial charge in [-0.1, -0.05) is 43.3 Å². The molecule has 0 aliphatic rings. The van der Waals surface area contributed by atoms with Crippen molar-refractivity contribution >= 4 is 40.0 Å². The Bertz CT molecular complexity index is 1070. The average Bonchev–Trinajstić information content (AvgIpc) is 2.80. The monoisotopic (exact) mass is 452 g/mol. The Kier molecular flexibility index (Phi) is 8.53. The van der Waals surface area contributed by atoms with Crippen molar-refractivity contribution in [1.29, 1.82) is 0 Å². The predicted molar refractivity (Wildman–Crippen MR) is 130 cm³/mol. The zero-order valence-electron chi connectivity index (χ0n) is 18.0. The van der Waals surface area contributed by atoms with Crippen LogP contribution < -0.4 is 10.6 Å². The van der Waals surface area contributed by atoms with Gasteiger partial charge in [-0.2, -0.15) is 11.8 Å². The summed E-state index contributed by atoms with van der Waals surface area (Å²) in [6.45, 7) is 1.92. The first-order chi connectivity index (χ1) is 15.5. The molecule has 2 unspecified atom stereocenters. The summed E-state index contributed by atoms with van der Waals surface area (Å²) in [7, 11) is 0. The maximum Gasteiger partial charge on any atom is 0.251 e. The highest BCUT2D eigenvalue weighted by Gasteiger charge is 2.22. The number of nitrogens with one attached hydrogen (secondary N) is 2. The van der Waals surface area contributed by atoms with Crippen molar-refractivity contribution in [3.63, 3.8) is 0 Å². The molecule has 0 aliphatic carbocycles. The summed E-state index contributed by atoms with van der Waals surface area (Å²) >= 11 is 1.54. The number of carbonyl (C=O) groups is 2. The quantitative estimate of drug-likeness (QED) is 0.346. The molecule has 0 aliphatic heterocycles. The summed E-state index contributed by atoms with van der Waals surface area (Å²) in [4.78, 5) is 25.8. The summed E-state index contributed by atoms with van der Waals surface area (Å²) in [5.41, 5.74) is 0.932. The van der Waals surface area contributed by atoms with Crippen molar-refractivity contribution in [3.8, 4) is 5.75 Å². The molecule has 7 heteroatoms. The van der Waals surface area contributed by atoms with Gasteiger partial charge in [0.15, 0.2) is 0 Å². The fraction of sp³-hybridized carbons (Fsp3) is 0.280. The van der Waals surface area contributed by atoms with Crippen LogP contribution in [-0.4, -0.2) is 45.7 Å². The summed E-state index contributed by atoms with van der Waals surface area (Å²) in [6, 6.07) is 18.7. The fourth-order valence-corrected chi connectivity index (χ4v) is 4.27. The lowest BCUT2D eigenvalue weighted by Gasteiger charge is -2.19. The number of fused-ring (bicyclic) bond motifs is 1. The number of rotatable bonds is 10. The molecule has 0 saturated carbocycles. The Morgan fingerprint density at radius 3 is 2.53 bits per heavy atom. The summed E-state index contributed by atoms with van der Waals surface area (Å²) < 4.78 is 0. The van der Waals surface area contributed by atoms with Crippen LogP contribution in [0, 0.1) is 0 Å². The second-order valence-electron chi connectivity index (χ2n) is 7.55. The van der Waals surface area contributed by atoms with Crippen molar-refractivity contribution < 1.29 is 19.8 Å². The molecule has 0 bridgehead atoms. The molecule has 2 atom stereocenters. The predicted octanol–water partition coefficient (Wildman–Crippen LogP) is 4.18. The standard InChI is InChI=1S/C25H28N2O4S/c1-2-21(28)16-32-13-12-23(25(31)26-20-8-5-9-22(29)15-20)27-24(30)19-11-10-17-6-3-4-7-18(17)14-19/h3-11,14-15,21,23,28-29H,2,12-13,16H2,1H3,(H,26,31)(H,27,30). The highest BCUT2D eigenvalue weighted by Crippen LogP contribution is 2.18. The van der Waals surface area contributed by atoms with Crippen LogP contribution in [0.3, 0.4) is 0 Å². The maximum atomic E-state index is 12.9. The second kappa shape index (κ2) is 11.5. The average molecular weight is 453 g/mol. The zero-order chi connectivity index (χ0) is 22.9. The third-order valence-electron chi connectivity index (χ3n) is 5.08. The van der Waals surface area contributed by atoms with Crippen molar-refractivity contribution in [2.75, 3.05) is 16.8 Å². The minimum absolute atomic E-state index is 0.0451. The molecule has 0 radical (unpaired) electrons. The third-order valence-corrected chi connectivity index (χ3v) is 6.22. The SMILES string of the molecule is CCC(O)CSCCC(NC(=O)c1ccc2ccccc2c1)C(=O)Nc1cccc(O)c1. The molecule has 0 fully saturated rings. The van der Waals surface area contributed by atoms with Crippen LogP contribution in [0.4, 0.5) is 5.69 Å². The summed E-state index contributed by atoms with van der Waals surface area (Å²) in [5.74, 6) is 0.541. The van der Waals surface area contributed by atoms with Gasteiger partial charge in [0.25, 0.3) is 5.91 Å². The number of phenolic OH excluding ortho intramolecular Hbond substituents is 1. The molecule has 0 spiro atoms. The molecule has 168 valence electrons. The Labute approximate surface area is 192 Å². The fourth-order valence-electron chi connectivity index (χ4n) is 3.19. The third kappa shape index (κ3) is 6.73. The van der Waals surface area contributed by atoms with Gasteiger partial charge in [-0.05, 0) is 53.6 Å².